The van der Waals surface area contributed by atoms with Gasteiger partial charge in [0.15, 0.2) is 0 Å². The van der Waals surface area contributed by atoms with Crippen molar-refractivity contribution < 1.29 is 33.3 Å². The summed E-state index contributed by atoms with van der Waals surface area (Å²) >= 11 is 0. The minimum absolute atomic E-state index is 0. The smallest absolute Gasteiger partial charge is 0.222 e. The molecule has 0 unspecified atom stereocenters. The topological polar surface area (TPSA) is 20.3 Å². The van der Waals surface area contributed by atoms with Crippen LogP contribution >= 0.6 is 0 Å². The fraction of sp³-hybridized carbons (Fsp3) is 0.950. The summed E-state index contributed by atoms with van der Waals surface area (Å²) in [6, 6.07) is 0. The maximum atomic E-state index is 12.2. The van der Waals surface area contributed by atoms with Crippen LogP contribution in [0.3, 0.4) is 0 Å². The number of quaternary nitrogens is 1. The number of nitrogens with zero attached hydrogens (tertiary/aromatic N) is 2. The Balaban J connectivity index is 0.00000529. The summed E-state index contributed by atoms with van der Waals surface area (Å²) in [5.41, 5.74) is 0. The highest BCUT2D eigenvalue weighted by atomic mass is 127. The van der Waals surface area contributed by atoms with Crippen molar-refractivity contribution in [3.05, 3.63) is 0 Å². The van der Waals surface area contributed by atoms with Crippen LogP contribution in [0.1, 0.15) is 84.0 Å². The van der Waals surface area contributed by atoms with Crippen molar-refractivity contribution >= 4 is 5.91 Å². The quantitative estimate of drug-likeness (QED) is 0.250. The molecule has 1 amide bonds. The number of amides is 1. The van der Waals surface area contributed by atoms with E-state index in [0.29, 0.717) is 5.91 Å². The number of hydrogen-bond acceptors (Lipinski definition) is 1. The summed E-state index contributed by atoms with van der Waals surface area (Å²) in [5.74, 6) is 0.389. The monoisotopic (exact) mass is 452 g/mol. The van der Waals surface area contributed by atoms with Crippen LogP contribution in [0.2, 0.25) is 0 Å². The molecule has 1 fully saturated rings. The van der Waals surface area contributed by atoms with Gasteiger partial charge in [-0.2, -0.15) is 0 Å². The van der Waals surface area contributed by atoms with Gasteiger partial charge < -0.3 is 33.4 Å². The van der Waals surface area contributed by atoms with Crippen LogP contribution in [0.15, 0.2) is 0 Å². The molecule has 1 heterocycles. The van der Waals surface area contributed by atoms with Crippen molar-refractivity contribution in [2.24, 2.45) is 0 Å². The highest BCUT2D eigenvalue weighted by molar-refractivity contribution is 5.76. The molecule has 0 bridgehead atoms. The van der Waals surface area contributed by atoms with Crippen LogP contribution < -0.4 is 24.0 Å². The Morgan fingerprint density at radius 1 is 0.792 bits per heavy atom. The van der Waals surface area contributed by atoms with E-state index in [0.717, 1.165) is 43.5 Å². The van der Waals surface area contributed by atoms with E-state index >= 15 is 0 Å². The first kappa shape index (κ1) is 24.2. The van der Waals surface area contributed by atoms with E-state index in [2.05, 4.69) is 25.9 Å². The normalized spacial score (nSPS) is 16.7. The zero-order valence-electron chi connectivity index (χ0n) is 16.5. The van der Waals surface area contributed by atoms with Gasteiger partial charge in [0.1, 0.15) is 0 Å². The van der Waals surface area contributed by atoms with Gasteiger partial charge in [-0.3, -0.25) is 4.79 Å². The molecule has 0 aromatic rings. The van der Waals surface area contributed by atoms with E-state index in [9.17, 15) is 4.79 Å². The summed E-state index contributed by atoms with van der Waals surface area (Å²) in [6.45, 7) is 6.37. The lowest BCUT2D eigenvalue weighted by Gasteiger charge is -2.39. The second kappa shape index (κ2) is 14.3. The molecular weight excluding hydrogens is 411 g/mol. The zero-order valence-corrected chi connectivity index (χ0v) is 18.7. The minimum atomic E-state index is 0. The van der Waals surface area contributed by atoms with Crippen molar-refractivity contribution in [1.82, 2.24) is 4.90 Å². The third kappa shape index (κ3) is 11.7. The third-order valence-corrected chi connectivity index (χ3v) is 5.30. The highest BCUT2D eigenvalue weighted by Gasteiger charge is 2.26. The maximum Gasteiger partial charge on any atom is 0.222 e. The maximum absolute atomic E-state index is 12.2. The zero-order chi connectivity index (χ0) is 17.0. The van der Waals surface area contributed by atoms with Crippen LogP contribution in [-0.2, 0) is 4.79 Å². The number of rotatable bonds is 12. The van der Waals surface area contributed by atoms with Crippen LogP contribution in [0.25, 0.3) is 0 Å². The number of hydrogen-bond donors (Lipinski definition) is 0. The Morgan fingerprint density at radius 3 is 1.67 bits per heavy atom. The van der Waals surface area contributed by atoms with Gasteiger partial charge in [0.05, 0.1) is 40.3 Å². The summed E-state index contributed by atoms with van der Waals surface area (Å²) in [5, 5.41) is 0. The molecule has 0 aromatic carbocycles. The molecule has 24 heavy (non-hydrogen) atoms. The lowest BCUT2D eigenvalue weighted by atomic mass is 10.1. The first-order chi connectivity index (χ1) is 11.0. The second-order valence-electron chi connectivity index (χ2n) is 8.05. The Kier molecular flexibility index (Phi) is 14.4. The van der Waals surface area contributed by atoms with Gasteiger partial charge in [-0.25, -0.2) is 0 Å². The molecule has 1 rings (SSSR count). The second-order valence-corrected chi connectivity index (χ2v) is 8.05. The molecule has 0 aromatic heterocycles. The van der Waals surface area contributed by atoms with Crippen LogP contribution in [0, 0.1) is 0 Å². The fourth-order valence-electron chi connectivity index (χ4n) is 3.35. The Hall–Kier alpha value is 0.160. The molecule has 0 atom stereocenters. The van der Waals surface area contributed by atoms with Gasteiger partial charge in [0, 0.05) is 6.42 Å². The standard InChI is InChI=1S/C20H41N2O.HI/c1-4-5-6-7-8-9-10-11-12-13-14-15-20(23)21-16-18-22(2,3)19-17-21;/h4-19H2,1-3H3;1H/q+1;/p-1. The summed E-state index contributed by atoms with van der Waals surface area (Å²) in [4.78, 5) is 14.3. The molecule has 1 aliphatic heterocycles. The van der Waals surface area contributed by atoms with E-state index < -0.39 is 0 Å². The van der Waals surface area contributed by atoms with Gasteiger partial charge in [-0.15, -0.1) is 0 Å². The molecule has 1 aliphatic rings. The predicted octanol–water partition coefficient (Wildman–Crippen LogP) is 1.61. The van der Waals surface area contributed by atoms with Crippen LogP contribution in [0.4, 0.5) is 0 Å². The SMILES string of the molecule is CCCCCCCCCCCCCC(=O)N1CC[N+](C)(C)CC1.[I-]. The Bertz CT molecular complexity index is 311. The summed E-state index contributed by atoms with van der Waals surface area (Å²) in [7, 11) is 4.51. The van der Waals surface area contributed by atoms with Gasteiger partial charge in [0.25, 0.3) is 0 Å². The van der Waals surface area contributed by atoms with E-state index in [-0.39, 0.29) is 24.0 Å². The Labute approximate surface area is 168 Å². The van der Waals surface area contributed by atoms with Gasteiger partial charge in [-0.05, 0) is 6.42 Å². The van der Waals surface area contributed by atoms with E-state index in [1.807, 2.05) is 0 Å². The first-order valence-electron chi connectivity index (χ1n) is 10.1. The largest absolute Gasteiger partial charge is 1.00 e. The lowest BCUT2D eigenvalue weighted by molar-refractivity contribution is -0.894. The molecule has 1 saturated heterocycles. The van der Waals surface area contributed by atoms with Gasteiger partial charge >= 0.3 is 0 Å². The van der Waals surface area contributed by atoms with Crippen molar-refractivity contribution in [3.8, 4) is 0 Å². The molecule has 0 aliphatic carbocycles. The number of unbranched alkanes of at least 4 members (excludes halogenated alkanes) is 10. The average molecular weight is 452 g/mol. The number of carbonyl (C=O) groups is 1. The first-order valence-corrected chi connectivity index (χ1v) is 10.1. The minimum Gasteiger partial charge on any atom is -1.00 e. The van der Waals surface area contributed by atoms with E-state index in [1.165, 1.54) is 64.2 Å². The molecule has 144 valence electrons. The molecular formula is C20H41IN2O. The number of halogens is 1. The lowest BCUT2D eigenvalue weighted by Crippen LogP contribution is -3.00. The molecule has 4 heteroatoms. The molecule has 3 nitrogen and oxygen atoms in total. The summed E-state index contributed by atoms with van der Waals surface area (Å²) < 4.78 is 1.06. The molecule has 0 spiro atoms. The van der Waals surface area contributed by atoms with Crippen LogP contribution in [0.5, 0.6) is 0 Å². The number of likely N-dealkylation sites (N-methyl/N-ethyl adjacent to an activating group) is 1. The number of piperazine rings is 1. The van der Waals surface area contributed by atoms with E-state index in [4.69, 9.17) is 0 Å². The summed E-state index contributed by atoms with van der Waals surface area (Å²) in [6.07, 6.45) is 15.6. The van der Waals surface area contributed by atoms with Gasteiger partial charge in [0.2, 0.25) is 5.91 Å². The third-order valence-electron chi connectivity index (χ3n) is 5.30. The van der Waals surface area contributed by atoms with Gasteiger partial charge in [-0.1, -0.05) is 71.1 Å². The average Bonchev–Trinajstić information content (AvgIpc) is 2.52. The van der Waals surface area contributed by atoms with Crippen molar-refractivity contribution in [2.75, 3.05) is 40.3 Å². The van der Waals surface area contributed by atoms with Crippen LogP contribution in [-0.4, -0.2) is 55.6 Å². The van der Waals surface area contributed by atoms with E-state index in [1.54, 1.807) is 0 Å². The van der Waals surface area contributed by atoms with Crippen molar-refractivity contribution in [1.29, 1.82) is 0 Å². The predicted molar refractivity (Wildman–Crippen MR) is 99.5 cm³/mol. The molecule has 0 radical (unpaired) electrons. The molecule has 0 N–H and O–H groups in total. The van der Waals surface area contributed by atoms with Crippen molar-refractivity contribution in [2.45, 2.75) is 84.0 Å². The highest BCUT2D eigenvalue weighted by Crippen LogP contribution is 2.13. The molecule has 0 saturated carbocycles. The fourth-order valence-corrected chi connectivity index (χ4v) is 3.35. The van der Waals surface area contributed by atoms with Crippen molar-refractivity contribution in [3.63, 3.8) is 0 Å². The number of carbonyl (C=O) groups excluding carboxylic acids is 1. The Morgan fingerprint density at radius 2 is 1.21 bits per heavy atom.